The van der Waals surface area contributed by atoms with E-state index in [1.165, 1.54) is 22.7 Å². The van der Waals surface area contributed by atoms with Gasteiger partial charge in [0, 0.05) is 16.3 Å². The van der Waals surface area contributed by atoms with Crippen LogP contribution in [0.4, 0.5) is 0 Å². The number of carboxylic acid groups (broad SMARTS) is 1. The van der Waals surface area contributed by atoms with Crippen molar-refractivity contribution >= 4 is 56.2 Å². The number of thiazole rings is 1. The minimum absolute atomic E-state index is 0.109. The van der Waals surface area contributed by atoms with Crippen molar-refractivity contribution in [1.82, 2.24) is 4.98 Å². The molecule has 0 saturated carbocycles. The SMILES string of the molecule is O=C(O)CCc1csc(-c2cc(Br)c(Cl)s2)n1. The molecule has 2 heterocycles. The molecule has 0 aliphatic carbocycles. The summed E-state index contributed by atoms with van der Waals surface area (Å²) in [5.41, 5.74) is 0.813. The summed E-state index contributed by atoms with van der Waals surface area (Å²) < 4.78 is 1.56. The maximum Gasteiger partial charge on any atom is 0.303 e. The first-order valence-electron chi connectivity index (χ1n) is 4.67. The number of aryl methyl sites for hydroxylation is 1. The zero-order valence-electron chi connectivity index (χ0n) is 8.44. The molecule has 2 rings (SSSR count). The van der Waals surface area contributed by atoms with Crippen LogP contribution in [0, 0.1) is 0 Å². The normalized spacial score (nSPS) is 10.7. The fourth-order valence-electron chi connectivity index (χ4n) is 1.22. The first-order valence-corrected chi connectivity index (χ1v) is 7.54. The minimum atomic E-state index is -0.804. The predicted octanol–water partition coefficient (Wildman–Crippen LogP) is 4.30. The van der Waals surface area contributed by atoms with Gasteiger partial charge in [-0.1, -0.05) is 11.6 Å². The number of hydrogen-bond donors (Lipinski definition) is 1. The molecule has 17 heavy (non-hydrogen) atoms. The van der Waals surface area contributed by atoms with Gasteiger partial charge in [0.15, 0.2) is 0 Å². The van der Waals surface area contributed by atoms with E-state index in [1.807, 2.05) is 11.4 Å². The largest absolute Gasteiger partial charge is 0.481 e. The Morgan fingerprint density at radius 2 is 2.35 bits per heavy atom. The Labute approximate surface area is 119 Å². The highest BCUT2D eigenvalue weighted by molar-refractivity contribution is 9.10. The van der Waals surface area contributed by atoms with Crippen LogP contribution in [0.1, 0.15) is 12.1 Å². The average Bonchev–Trinajstić information content (AvgIpc) is 2.84. The molecule has 0 aromatic carbocycles. The third kappa shape index (κ3) is 3.28. The average molecular weight is 353 g/mol. The Morgan fingerprint density at radius 1 is 1.59 bits per heavy atom. The maximum atomic E-state index is 10.5. The van der Waals surface area contributed by atoms with E-state index in [0.717, 1.165) is 20.1 Å². The number of aliphatic carboxylic acids is 1. The van der Waals surface area contributed by atoms with Crippen LogP contribution in [-0.2, 0) is 11.2 Å². The monoisotopic (exact) mass is 351 g/mol. The van der Waals surface area contributed by atoms with Gasteiger partial charge in [-0.15, -0.1) is 22.7 Å². The fraction of sp³-hybridized carbons (Fsp3) is 0.200. The molecule has 0 radical (unpaired) electrons. The molecule has 0 bridgehead atoms. The van der Waals surface area contributed by atoms with Gasteiger partial charge in [0.25, 0.3) is 0 Å². The van der Waals surface area contributed by atoms with E-state index in [9.17, 15) is 4.79 Å². The van der Waals surface area contributed by atoms with E-state index in [1.54, 1.807) is 0 Å². The molecule has 1 N–H and O–H groups in total. The zero-order valence-corrected chi connectivity index (χ0v) is 12.4. The minimum Gasteiger partial charge on any atom is -0.481 e. The van der Waals surface area contributed by atoms with E-state index in [4.69, 9.17) is 16.7 Å². The molecule has 3 nitrogen and oxygen atoms in total. The van der Waals surface area contributed by atoms with E-state index in [0.29, 0.717) is 10.8 Å². The Morgan fingerprint density at radius 3 is 2.94 bits per heavy atom. The molecule has 0 aliphatic heterocycles. The first kappa shape index (κ1) is 13.0. The second-order valence-corrected chi connectivity index (χ2v) is 6.64. The van der Waals surface area contributed by atoms with E-state index < -0.39 is 5.97 Å². The van der Waals surface area contributed by atoms with Crippen molar-refractivity contribution in [1.29, 1.82) is 0 Å². The van der Waals surface area contributed by atoms with Gasteiger partial charge >= 0.3 is 5.97 Å². The fourth-order valence-corrected chi connectivity index (χ4v) is 3.84. The van der Waals surface area contributed by atoms with Crippen molar-refractivity contribution in [2.24, 2.45) is 0 Å². The van der Waals surface area contributed by atoms with Gasteiger partial charge < -0.3 is 5.11 Å². The van der Waals surface area contributed by atoms with E-state index in [-0.39, 0.29) is 6.42 Å². The molecule has 2 aromatic heterocycles. The Hall–Kier alpha value is -0.430. The van der Waals surface area contributed by atoms with Crippen LogP contribution in [0.2, 0.25) is 4.34 Å². The second kappa shape index (κ2) is 5.48. The van der Waals surface area contributed by atoms with Crippen LogP contribution in [0.25, 0.3) is 9.88 Å². The van der Waals surface area contributed by atoms with Crippen molar-refractivity contribution < 1.29 is 9.90 Å². The molecular formula is C10H7BrClNO2S2. The molecule has 0 atom stereocenters. The number of aromatic nitrogens is 1. The van der Waals surface area contributed by atoms with Gasteiger partial charge in [-0.3, -0.25) is 4.79 Å². The number of hydrogen-bond acceptors (Lipinski definition) is 4. The lowest BCUT2D eigenvalue weighted by Crippen LogP contribution is -1.97. The highest BCUT2D eigenvalue weighted by Gasteiger charge is 2.11. The maximum absolute atomic E-state index is 10.5. The lowest BCUT2D eigenvalue weighted by molar-refractivity contribution is -0.136. The topological polar surface area (TPSA) is 50.2 Å². The van der Waals surface area contributed by atoms with E-state index >= 15 is 0 Å². The van der Waals surface area contributed by atoms with Crippen LogP contribution in [0.3, 0.4) is 0 Å². The predicted molar refractivity (Wildman–Crippen MR) is 74.1 cm³/mol. The smallest absolute Gasteiger partial charge is 0.303 e. The number of carboxylic acids is 1. The molecule has 0 saturated heterocycles. The van der Waals surface area contributed by atoms with Gasteiger partial charge in [0.2, 0.25) is 0 Å². The van der Waals surface area contributed by atoms with Gasteiger partial charge in [-0.2, -0.15) is 0 Å². The quantitative estimate of drug-likeness (QED) is 0.892. The van der Waals surface area contributed by atoms with Crippen LogP contribution < -0.4 is 0 Å². The summed E-state index contributed by atoms with van der Waals surface area (Å²) >= 11 is 12.3. The van der Waals surface area contributed by atoms with Crippen LogP contribution >= 0.6 is 50.2 Å². The van der Waals surface area contributed by atoms with Crippen LogP contribution in [-0.4, -0.2) is 16.1 Å². The molecule has 7 heteroatoms. The highest BCUT2D eigenvalue weighted by atomic mass is 79.9. The number of carbonyl (C=O) groups is 1. The van der Waals surface area contributed by atoms with Crippen molar-refractivity contribution in [2.75, 3.05) is 0 Å². The zero-order chi connectivity index (χ0) is 12.4. The van der Waals surface area contributed by atoms with Crippen molar-refractivity contribution in [3.05, 3.63) is 25.9 Å². The number of halogens is 2. The highest BCUT2D eigenvalue weighted by Crippen LogP contribution is 2.39. The molecule has 0 unspecified atom stereocenters. The van der Waals surface area contributed by atoms with Gasteiger partial charge in [0.05, 0.1) is 17.0 Å². The summed E-state index contributed by atoms with van der Waals surface area (Å²) in [5.74, 6) is -0.804. The Kier molecular flexibility index (Phi) is 4.19. The molecule has 0 spiro atoms. The summed E-state index contributed by atoms with van der Waals surface area (Å²) in [6, 6.07) is 1.92. The number of thiophene rings is 1. The molecule has 0 aliphatic rings. The molecule has 0 fully saturated rings. The van der Waals surface area contributed by atoms with Gasteiger partial charge in [-0.25, -0.2) is 4.98 Å². The Balaban J connectivity index is 2.15. The van der Waals surface area contributed by atoms with Crippen molar-refractivity contribution in [3.8, 4) is 9.88 Å². The summed E-state index contributed by atoms with van der Waals surface area (Å²) in [5, 5.41) is 11.4. The van der Waals surface area contributed by atoms with E-state index in [2.05, 4.69) is 20.9 Å². The van der Waals surface area contributed by atoms with Crippen LogP contribution in [0.5, 0.6) is 0 Å². The number of nitrogens with zero attached hydrogens (tertiary/aromatic N) is 1. The Bertz CT molecular complexity index is 533. The summed E-state index contributed by atoms with van der Waals surface area (Å²) in [7, 11) is 0. The van der Waals surface area contributed by atoms with Crippen LogP contribution in [0.15, 0.2) is 15.9 Å². The lowest BCUT2D eigenvalue weighted by atomic mass is 10.2. The molecule has 2 aromatic rings. The molecule has 0 amide bonds. The van der Waals surface area contributed by atoms with Gasteiger partial charge in [-0.05, 0) is 22.0 Å². The summed E-state index contributed by atoms with van der Waals surface area (Å²) in [6.07, 6.45) is 0.574. The third-order valence-corrected chi connectivity index (χ3v) is 5.54. The first-order chi connectivity index (χ1) is 8.06. The third-order valence-electron chi connectivity index (χ3n) is 2.00. The number of rotatable bonds is 4. The van der Waals surface area contributed by atoms with Crippen molar-refractivity contribution in [3.63, 3.8) is 0 Å². The lowest BCUT2D eigenvalue weighted by Gasteiger charge is -1.91. The summed E-state index contributed by atoms with van der Waals surface area (Å²) in [4.78, 5) is 15.8. The summed E-state index contributed by atoms with van der Waals surface area (Å²) in [6.45, 7) is 0. The molecule has 90 valence electrons. The second-order valence-electron chi connectivity index (χ2n) is 3.27. The van der Waals surface area contributed by atoms with Gasteiger partial charge in [0.1, 0.15) is 9.34 Å². The standard InChI is InChI=1S/C10H7BrClNO2S2/c11-6-3-7(17-9(6)12)10-13-5(4-16-10)1-2-8(14)15/h3-4H,1-2H2,(H,14,15). The molecular weight excluding hydrogens is 346 g/mol. The van der Waals surface area contributed by atoms with Crippen molar-refractivity contribution in [2.45, 2.75) is 12.8 Å².